The number of aromatic nitrogens is 3. The summed E-state index contributed by atoms with van der Waals surface area (Å²) in [5.74, 6) is -1.57. The highest BCUT2D eigenvalue weighted by atomic mass is 19.3. The summed E-state index contributed by atoms with van der Waals surface area (Å²) in [5, 5.41) is 24.9. The number of aromatic carboxylic acids is 1. The van der Waals surface area contributed by atoms with Crippen LogP contribution in [0.4, 0.5) is 8.78 Å². The largest absolute Gasteiger partial charge is 0.476 e. The minimum Gasteiger partial charge on any atom is -0.476 e. The first-order valence-electron chi connectivity index (χ1n) is 4.95. The number of aliphatic hydroxyl groups is 1. The molecule has 2 N–H and O–H groups in total. The molecule has 0 spiro atoms. The molecule has 0 aliphatic heterocycles. The zero-order valence-electron chi connectivity index (χ0n) is 9.39. The summed E-state index contributed by atoms with van der Waals surface area (Å²) in [5.41, 5.74) is -2.81. The first kappa shape index (κ1) is 13.5. The molecule has 0 aliphatic rings. The van der Waals surface area contributed by atoms with Gasteiger partial charge in [0.1, 0.15) is 5.69 Å². The van der Waals surface area contributed by atoms with E-state index in [1.165, 1.54) is 6.92 Å². The molecule has 6 nitrogen and oxygen atoms in total. The molecule has 1 heterocycles. The lowest BCUT2D eigenvalue weighted by Gasteiger charge is -2.21. The van der Waals surface area contributed by atoms with Crippen molar-refractivity contribution in [2.45, 2.75) is 38.8 Å². The Morgan fingerprint density at radius 3 is 2.59 bits per heavy atom. The predicted molar refractivity (Wildman–Crippen MR) is 52.9 cm³/mol. The molecule has 8 heteroatoms. The maximum Gasteiger partial charge on any atom is 0.358 e. The van der Waals surface area contributed by atoms with Gasteiger partial charge in [-0.25, -0.2) is 18.3 Å². The predicted octanol–water partition coefficient (Wildman–Crippen LogP) is 1.07. The number of hydrogen-bond donors (Lipinski definition) is 2. The molecular formula is C9H13F2N3O3. The molecule has 1 rings (SSSR count). The number of rotatable bonds is 5. The number of carboxylic acid groups (broad SMARTS) is 1. The molecule has 0 bridgehead atoms. The number of alkyl halides is 2. The second-order valence-corrected chi connectivity index (χ2v) is 3.94. The molecule has 0 radical (unpaired) electrons. The molecule has 0 aromatic carbocycles. The fourth-order valence-corrected chi connectivity index (χ4v) is 1.24. The van der Waals surface area contributed by atoms with Gasteiger partial charge in [-0.05, 0) is 13.3 Å². The molecule has 1 unspecified atom stereocenters. The minimum absolute atomic E-state index is 0.233. The van der Waals surface area contributed by atoms with Gasteiger partial charge in [0.15, 0.2) is 5.69 Å². The number of carboxylic acids is 1. The van der Waals surface area contributed by atoms with Gasteiger partial charge >= 0.3 is 5.97 Å². The maximum absolute atomic E-state index is 12.7. The van der Waals surface area contributed by atoms with E-state index in [0.29, 0.717) is 6.42 Å². The summed E-state index contributed by atoms with van der Waals surface area (Å²) < 4.78 is 26.2. The topological polar surface area (TPSA) is 88.2 Å². The zero-order valence-corrected chi connectivity index (χ0v) is 9.39. The third-order valence-corrected chi connectivity index (χ3v) is 2.43. The van der Waals surface area contributed by atoms with Crippen LogP contribution in [0, 0.1) is 0 Å². The first-order chi connectivity index (χ1) is 7.78. The summed E-state index contributed by atoms with van der Waals surface area (Å²) >= 11 is 0. The van der Waals surface area contributed by atoms with E-state index in [2.05, 4.69) is 10.3 Å². The van der Waals surface area contributed by atoms with Gasteiger partial charge in [-0.1, -0.05) is 12.1 Å². The third kappa shape index (κ3) is 2.96. The van der Waals surface area contributed by atoms with Gasteiger partial charge in [0.2, 0.25) is 0 Å². The van der Waals surface area contributed by atoms with E-state index in [0.717, 1.165) is 4.68 Å². The summed E-state index contributed by atoms with van der Waals surface area (Å²) in [6, 6.07) is 0. The van der Waals surface area contributed by atoms with Crippen LogP contribution >= 0.6 is 0 Å². The summed E-state index contributed by atoms with van der Waals surface area (Å²) in [6.45, 7) is 2.89. The second-order valence-electron chi connectivity index (χ2n) is 3.94. The Balaban J connectivity index is 3.13. The highest BCUT2D eigenvalue weighted by Gasteiger charge is 2.29. The van der Waals surface area contributed by atoms with E-state index in [4.69, 9.17) is 5.11 Å². The summed E-state index contributed by atoms with van der Waals surface area (Å²) in [4.78, 5) is 10.7. The van der Waals surface area contributed by atoms with Gasteiger partial charge in [0.25, 0.3) is 6.43 Å². The second kappa shape index (κ2) is 4.74. The fraction of sp³-hybridized carbons (Fsp3) is 0.667. The van der Waals surface area contributed by atoms with Crippen molar-refractivity contribution in [3.8, 4) is 0 Å². The molecule has 96 valence electrons. The zero-order chi connectivity index (χ0) is 13.2. The number of carbonyl (C=O) groups is 1. The van der Waals surface area contributed by atoms with Crippen LogP contribution in [0.5, 0.6) is 0 Å². The Morgan fingerprint density at radius 1 is 1.59 bits per heavy atom. The smallest absolute Gasteiger partial charge is 0.358 e. The van der Waals surface area contributed by atoms with Gasteiger partial charge in [-0.2, -0.15) is 0 Å². The van der Waals surface area contributed by atoms with E-state index < -0.39 is 29.4 Å². The molecule has 1 aromatic rings. The van der Waals surface area contributed by atoms with Gasteiger partial charge in [-0.3, -0.25) is 0 Å². The third-order valence-electron chi connectivity index (χ3n) is 2.43. The van der Waals surface area contributed by atoms with Crippen molar-refractivity contribution >= 4 is 5.97 Å². The Kier molecular flexibility index (Phi) is 3.76. The molecule has 17 heavy (non-hydrogen) atoms. The van der Waals surface area contributed by atoms with Gasteiger partial charge < -0.3 is 10.2 Å². The van der Waals surface area contributed by atoms with E-state index >= 15 is 0 Å². The number of hydrogen-bond acceptors (Lipinski definition) is 4. The quantitative estimate of drug-likeness (QED) is 0.815. The SMILES string of the molecule is CCC(C)(O)Cn1nnc(C(=O)O)c1C(F)F. The van der Waals surface area contributed by atoms with E-state index in [1.54, 1.807) is 6.92 Å². The van der Waals surface area contributed by atoms with Crippen molar-refractivity contribution in [3.63, 3.8) is 0 Å². The Labute approximate surface area is 95.9 Å². The van der Waals surface area contributed by atoms with Gasteiger partial charge in [0, 0.05) is 0 Å². The molecule has 0 amide bonds. The Bertz CT molecular complexity index is 418. The van der Waals surface area contributed by atoms with Crippen molar-refractivity contribution in [2.75, 3.05) is 0 Å². The van der Waals surface area contributed by atoms with Crippen LogP contribution in [0.25, 0.3) is 0 Å². The van der Waals surface area contributed by atoms with E-state index in [1.807, 2.05) is 0 Å². The Morgan fingerprint density at radius 2 is 2.18 bits per heavy atom. The number of nitrogens with zero attached hydrogens (tertiary/aromatic N) is 3. The molecule has 0 saturated heterocycles. The molecule has 1 atom stereocenters. The monoisotopic (exact) mass is 249 g/mol. The lowest BCUT2D eigenvalue weighted by molar-refractivity contribution is 0.0288. The molecule has 0 saturated carbocycles. The average molecular weight is 249 g/mol. The van der Waals surface area contributed by atoms with E-state index in [9.17, 15) is 18.7 Å². The van der Waals surface area contributed by atoms with Gasteiger partial charge in [0.05, 0.1) is 12.1 Å². The fourth-order valence-electron chi connectivity index (χ4n) is 1.24. The lowest BCUT2D eigenvalue weighted by atomic mass is 10.0. The highest BCUT2D eigenvalue weighted by Crippen LogP contribution is 2.23. The maximum atomic E-state index is 12.7. The number of halogens is 2. The van der Waals surface area contributed by atoms with Crippen molar-refractivity contribution in [2.24, 2.45) is 0 Å². The molecule has 0 fully saturated rings. The average Bonchev–Trinajstić information content (AvgIpc) is 2.60. The summed E-state index contributed by atoms with van der Waals surface area (Å²) in [6.07, 6.45) is -2.69. The molecular weight excluding hydrogens is 236 g/mol. The highest BCUT2D eigenvalue weighted by molar-refractivity contribution is 5.86. The van der Waals surface area contributed by atoms with Crippen LogP contribution in [-0.2, 0) is 6.54 Å². The molecule has 1 aromatic heterocycles. The van der Waals surface area contributed by atoms with Crippen LogP contribution in [0.1, 0.15) is 42.9 Å². The first-order valence-corrected chi connectivity index (χ1v) is 4.95. The minimum atomic E-state index is -3.01. The van der Waals surface area contributed by atoms with Crippen molar-refractivity contribution in [1.82, 2.24) is 15.0 Å². The van der Waals surface area contributed by atoms with Gasteiger partial charge in [-0.15, -0.1) is 5.10 Å². The van der Waals surface area contributed by atoms with Crippen molar-refractivity contribution in [3.05, 3.63) is 11.4 Å². The standard InChI is InChI=1S/C9H13F2N3O3/c1-3-9(2,17)4-14-6(7(10)11)5(8(15)16)12-13-14/h7,17H,3-4H2,1-2H3,(H,15,16). The van der Waals surface area contributed by atoms with Crippen LogP contribution < -0.4 is 0 Å². The van der Waals surface area contributed by atoms with Crippen LogP contribution in [0.15, 0.2) is 0 Å². The normalized spacial score (nSPS) is 14.9. The van der Waals surface area contributed by atoms with E-state index in [-0.39, 0.29) is 6.54 Å². The van der Waals surface area contributed by atoms with Crippen LogP contribution in [-0.4, -0.2) is 36.8 Å². The van der Waals surface area contributed by atoms with Crippen molar-refractivity contribution < 1.29 is 23.8 Å². The summed E-state index contributed by atoms with van der Waals surface area (Å²) in [7, 11) is 0. The van der Waals surface area contributed by atoms with Crippen molar-refractivity contribution in [1.29, 1.82) is 0 Å². The Hall–Kier alpha value is -1.57. The van der Waals surface area contributed by atoms with Crippen LogP contribution in [0.3, 0.4) is 0 Å². The lowest BCUT2D eigenvalue weighted by Crippen LogP contribution is -2.31. The molecule has 0 aliphatic carbocycles. The van der Waals surface area contributed by atoms with Crippen LogP contribution in [0.2, 0.25) is 0 Å².